The monoisotopic (exact) mass is 393 g/mol. The molecule has 2 aromatic rings. The van der Waals surface area contributed by atoms with Gasteiger partial charge in [-0.2, -0.15) is 0 Å². The van der Waals surface area contributed by atoms with Gasteiger partial charge in [0.1, 0.15) is 11.4 Å². The number of anilines is 1. The zero-order valence-electron chi connectivity index (χ0n) is 15.8. The fourth-order valence-corrected chi connectivity index (χ4v) is 3.05. The molecule has 27 heavy (non-hydrogen) atoms. The van der Waals surface area contributed by atoms with Crippen molar-refractivity contribution in [3.05, 3.63) is 39.3 Å². The summed E-state index contributed by atoms with van der Waals surface area (Å²) in [6.07, 6.45) is 2.05. The molecule has 1 N–H and O–H groups in total. The molecule has 0 bridgehead atoms. The molecule has 8 nitrogen and oxygen atoms in total. The third-order valence-electron chi connectivity index (χ3n) is 3.33. The molecule has 0 saturated heterocycles. The number of hydrogen-bond donors (Lipinski definition) is 1. The van der Waals surface area contributed by atoms with Crippen LogP contribution in [0.5, 0.6) is 5.75 Å². The van der Waals surface area contributed by atoms with Crippen molar-refractivity contribution in [1.82, 2.24) is 9.55 Å². The number of pyridine rings is 1. The number of nitrogens with zero attached hydrogens (tertiary/aromatic N) is 2. The lowest BCUT2D eigenvalue weighted by Crippen LogP contribution is -2.28. The molecule has 2 rings (SSSR count). The summed E-state index contributed by atoms with van der Waals surface area (Å²) < 4.78 is 11.8. The lowest BCUT2D eigenvalue weighted by atomic mass is 10.4. The van der Waals surface area contributed by atoms with E-state index in [-0.39, 0.29) is 29.1 Å². The highest BCUT2D eigenvalue weighted by molar-refractivity contribution is 7.17. The molecule has 2 heterocycles. The van der Waals surface area contributed by atoms with Gasteiger partial charge in [-0.3, -0.25) is 9.59 Å². The zero-order valence-corrected chi connectivity index (χ0v) is 16.6. The van der Waals surface area contributed by atoms with E-state index in [1.807, 2.05) is 6.92 Å². The average molecular weight is 393 g/mol. The Balaban J connectivity index is 2.06. The summed E-state index contributed by atoms with van der Waals surface area (Å²) in [4.78, 5) is 41.1. The third kappa shape index (κ3) is 5.65. The van der Waals surface area contributed by atoms with Crippen LogP contribution in [-0.2, 0) is 16.1 Å². The van der Waals surface area contributed by atoms with E-state index < -0.39 is 11.9 Å². The van der Waals surface area contributed by atoms with Crippen molar-refractivity contribution >= 4 is 28.3 Å². The van der Waals surface area contributed by atoms with Crippen molar-refractivity contribution in [3.8, 4) is 5.75 Å². The summed E-state index contributed by atoms with van der Waals surface area (Å²) in [5.74, 6) is -0.698. The normalized spacial score (nSPS) is 10.7. The summed E-state index contributed by atoms with van der Waals surface area (Å²) in [5.41, 5.74) is 0.102. The lowest BCUT2D eigenvalue weighted by Gasteiger charge is -2.08. The van der Waals surface area contributed by atoms with E-state index >= 15 is 0 Å². The fraction of sp³-hybridized carbons (Fsp3) is 0.444. The molecular formula is C18H23N3O5S. The van der Waals surface area contributed by atoms with Crippen molar-refractivity contribution in [1.29, 1.82) is 0 Å². The van der Waals surface area contributed by atoms with Gasteiger partial charge in [0.05, 0.1) is 18.4 Å². The maximum atomic E-state index is 12.3. The number of amides is 1. The van der Waals surface area contributed by atoms with Crippen LogP contribution < -0.4 is 15.6 Å². The molecular weight excluding hydrogens is 370 g/mol. The summed E-state index contributed by atoms with van der Waals surface area (Å²) >= 11 is 1.04. The maximum absolute atomic E-state index is 12.3. The van der Waals surface area contributed by atoms with Gasteiger partial charge in [0.2, 0.25) is 5.91 Å². The molecule has 146 valence electrons. The minimum atomic E-state index is -0.475. The summed E-state index contributed by atoms with van der Waals surface area (Å²) in [5, 5.41) is 2.89. The molecule has 0 spiro atoms. The van der Waals surface area contributed by atoms with Crippen LogP contribution in [0.3, 0.4) is 0 Å². The molecule has 0 radical (unpaired) electrons. The Morgan fingerprint density at radius 3 is 2.78 bits per heavy atom. The number of ether oxygens (including phenoxy) is 2. The van der Waals surface area contributed by atoms with Crippen molar-refractivity contribution in [2.24, 2.45) is 0 Å². The van der Waals surface area contributed by atoms with Crippen LogP contribution in [0.15, 0.2) is 23.1 Å². The Morgan fingerprint density at radius 1 is 1.37 bits per heavy atom. The molecule has 2 aromatic heterocycles. The highest BCUT2D eigenvalue weighted by Gasteiger charge is 2.19. The largest absolute Gasteiger partial charge is 0.488 e. The van der Waals surface area contributed by atoms with Gasteiger partial charge < -0.3 is 19.4 Å². The minimum absolute atomic E-state index is 0.188. The fourth-order valence-electron chi connectivity index (χ4n) is 2.18. The first-order chi connectivity index (χ1) is 12.8. The van der Waals surface area contributed by atoms with Crippen molar-refractivity contribution in [2.75, 3.05) is 11.9 Å². The van der Waals surface area contributed by atoms with Gasteiger partial charge in [-0.1, -0.05) is 18.3 Å². The SMILES string of the molecule is CCCOc1cccn(CC(=O)Nc2nc(C)c(C(=O)OC(C)C)s2)c1=O. The number of esters is 1. The van der Waals surface area contributed by atoms with E-state index in [2.05, 4.69) is 10.3 Å². The van der Waals surface area contributed by atoms with E-state index in [0.29, 0.717) is 17.2 Å². The summed E-state index contributed by atoms with van der Waals surface area (Å²) in [6, 6.07) is 3.22. The topological polar surface area (TPSA) is 99.5 Å². The number of aryl methyl sites for hydroxylation is 1. The molecule has 0 saturated carbocycles. The number of thiazole rings is 1. The van der Waals surface area contributed by atoms with Crippen LogP contribution in [0.25, 0.3) is 0 Å². The second-order valence-corrected chi connectivity index (χ2v) is 7.09. The van der Waals surface area contributed by atoms with E-state index in [4.69, 9.17) is 9.47 Å². The van der Waals surface area contributed by atoms with Crippen LogP contribution in [-0.4, -0.2) is 34.1 Å². The molecule has 0 aliphatic carbocycles. The van der Waals surface area contributed by atoms with Gasteiger partial charge in [-0.15, -0.1) is 0 Å². The number of carbonyl (C=O) groups excluding carboxylic acids is 2. The molecule has 0 atom stereocenters. The van der Waals surface area contributed by atoms with Crippen molar-refractivity contribution in [2.45, 2.75) is 46.8 Å². The van der Waals surface area contributed by atoms with E-state index in [9.17, 15) is 14.4 Å². The van der Waals surface area contributed by atoms with Gasteiger partial charge in [0.25, 0.3) is 5.56 Å². The molecule has 1 amide bonds. The highest BCUT2D eigenvalue weighted by Crippen LogP contribution is 2.23. The van der Waals surface area contributed by atoms with Crippen LogP contribution in [0.2, 0.25) is 0 Å². The first kappa shape index (κ1) is 20.6. The number of rotatable bonds is 8. The van der Waals surface area contributed by atoms with Gasteiger partial charge >= 0.3 is 5.97 Å². The first-order valence-electron chi connectivity index (χ1n) is 8.62. The predicted molar refractivity (Wildman–Crippen MR) is 103 cm³/mol. The lowest BCUT2D eigenvalue weighted by molar-refractivity contribution is -0.116. The van der Waals surface area contributed by atoms with Crippen LogP contribution in [0.1, 0.15) is 42.6 Å². The van der Waals surface area contributed by atoms with Gasteiger partial charge in [0, 0.05) is 6.20 Å². The Labute approximate surface area is 161 Å². The predicted octanol–water partition coefficient (Wildman–Crippen LogP) is 2.61. The second-order valence-electron chi connectivity index (χ2n) is 6.09. The Hall–Kier alpha value is -2.68. The first-order valence-corrected chi connectivity index (χ1v) is 9.44. The number of nitrogens with one attached hydrogen (secondary N) is 1. The van der Waals surface area contributed by atoms with E-state index in [1.54, 1.807) is 32.9 Å². The number of carbonyl (C=O) groups is 2. The van der Waals surface area contributed by atoms with Gasteiger partial charge in [0.15, 0.2) is 10.9 Å². The quantitative estimate of drug-likeness (QED) is 0.692. The van der Waals surface area contributed by atoms with Gasteiger partial charge in [-0.05, 0) is 39.3 Å². The number of aromatic nitrogens is 2. The third-order valence-corrected chi connectivity index (χ3v) is 4.38. The molecule has 0 fully saturated rings. The van der Waals surface area contributed by atoms with Gasteiger partial charge in [-0.25, -0.2) is 9.78 Å². The average Bonchev–Trinajstić information content (AvgIpc) is 2.95. The van der Waals surface area contributed by atoms with E-state index in [0.717, 1.165) is 17.8 Å². The van der Waals surface area contributed by atoms with Crippen LogP contribution in [0, 0.1) is 6.92 Å². The van der Waals surface area contributed by atoms with Crippen molar-refractivity contribution in [3.63, 3.8) is 0 Å². The zero-order chi connectivity index (χ0) is 20.0. The van der Waals surface area contributed by atoms with Crippen LogP contribution in [0.4, 0.5) is 5.13 Å². The number of hydrogen-bond acceptors (Lipinski definition) is 7. The molecule has 0 aromatic carbocycles. The summed E-state index contributed by atoms with van der Waals surface area (Å²) in [7, 11) is 0. The van der Waals surface area contributed by atoms with Crippen molar-refractivity contribution < 1.29 is 19.1 Å². The maximum Gasteiger partial charge on any atom is 0.350 e. The second kappa shape index (κ2) is 9.31. The Morgan fingerprint density at radius 2 is 2.11 bits per heavy atom. The minimum Gasteiger partial charge on any atom is -0.488 e. The van der Waals surface area contributed by atoms with E-state index in [1.165, 1.54) is 10.8 Å². The Kier molecular flexibility index (Phi) is 7.12. The molecule has 0 unspecified atom stereocenters. The molecule has 9 heteroatoms. The summed E-state index contributed by atoms with van der Waals surface area (Å²) in [6.45, 7) is 7.37. The standard InChI is InChI=1S/C18H23N3O5S/c1-5-9-25-13-7-6-8-21(16(13)23)10-14(22)20-18-19-12(4)15(27-18)17(24)26-11(2)3/h6-8,11H,5,9-10H2,1-4H3,(H,19,20,22). The molecule has 0 aliphatic heterocycles. The molecule has 0 aliphatic rings. The smallest absolute Gasteiger partial charge is 0.350 e. The highest BCUT2D eigenvalue weighted by atomic mass is 32.1. The van der Waals surface area contributed by atoms with Crippen LogP contribution >= 0.6 is 11.3 Å². The Bertz CT molecular complexity index is 872.